The first-order valence-corrected chi connectivity index (χ1v) is 4.40. The van der Waals surface area contributed by atoms with Gasteiger partial charge in [0.1, 0.15) is 0 Å². The molecule has 0 fully saturated rings. The lowest BCUT2D eigenvalue weighted by atomic mass is 10.1. The van der Waals surface area contributed by atoms with Crippen molar-refractivity contribution in [3.8, 4) is 23.7 Å². The molecule has 0 bridgehead atoms. The molecule has 0 saturated carbocycles. The number of aryl methyl sites for hydroxylation is 1. The molecule has 1 aromatic heterocycles. The number of hydrogen-bond acceptors (Lipinski definition) is 4. The van der Waals surface area contributed by atoms with Crippen LogP contribution in [0.25, 0.3) is 11.4 Å². The van der Waals surface area contributed by atoms with Gasteiger partial charge in [-0.25, -0.2) is 0 Å². The van der Waals surface area contributed by atoms with Crippen LogP contribution in [0.1, 0.15) is 11.4 Å². The van der Waals surface area contributed by atoms with Crippen molar-refractivity contribution in [2.75, 3.05) is 0 Å². The molecule has 0 aliphatic carbocycles. The van der Waals surface area contributed by atoms with Gasteiger partial charge in [0.15, 0.2) is 5.82 Å². The molecule has 0 saturated heterocycles. The fourth-order valence-electron chi connectivity index (χ4n) is 1.11. The van der Waals surface area contributed by atoms with Crippen molar-refractivity contribution in [1.29, 1.82) is 0 Å². The van der Waals surface area contributed by atoms with Gasteiger partial charge in [-0.05, 0) is 31.2 Å². The van der Waals surface area contributed by atoms with Crippen molar-refractivity contribution in [3.05, 3.63) is 35.7 Å². The molecule has 0 spiro atoms. The number of rotatable bonds is 1. The van der Waals surface area contributed by atoms with Crippen molar-refractivity contribution in [2.24, 2.45) is 0 Å². The number of aromatic nitrogens is 4. The van der Waals surface area contributed by atoms with Crippen LogP contribution in [0.2, 0.25) is 0 Å². The van der Waals surface area contributed by atoms with E-state index >= 15 is 0 Å². The summed E-state index contributed by atoms with van der Waals surface area (Å²) in [6.07, 6.45) is 5.25. The summed E-state index contributed by atoms with van der Waals surface area (Å²) in [7, 11) is 0. The first-order valence-electron chi connectivity index (χ1n) is 4.40. The van der Waals surface area contributed by atoms with Crippen molar-refractivity contribution in [1.82, 2.24) is 20.4 Å². The highest BCUT2D eigenvalue weighted by atomic mass is 15.3. The molecule has 0 N–H and O–H groups in total. The van der Waals surface area contributed by atoms with Crippen LogP contribution in [-0.2, 0) is 0 Å². The largest absolute Gasteiger partial charge is 0.203 e. The zero-order valence-corrected chi connectivity index (χ0v) is 8.18. The van der Waals surface area contributed by atoms with E-state index < -0.39 is 0 Å². The quantitative estimate of drug-likeness (QED) is 0.643. The van der Waals surface area contributed by atoms with E-state index in [9.17, 15) is 0 Å². The monoisotopic (exact) mass is 196 g/mol. The van der Waals surface area contributed by atoms with Crippen molar-refractivity contribution in [3.63, 3.8) is 0 Å². The van der Waals surface area contributed by atoms with E-state index in [0.717, 1.165) is 11.1 Å². The third-order valence-electron chi connectivity index (χ3n) is 1.89. The fourth-order valence-corrected chi connectivity index (χ4v) is 1.11. The first-order chi connectivity index (χ1) is 7.29. The molecule has 4 heteroatoms. The summed E-state index contributed by atoms with van der Waals surface area (Å²) in [5, 5.41) is 15.5. The van der Waals surface area contributed by atoms with Crippen LogP contribution in [-0.4, -0.2) is 20.4 Å². The Morgan fingerprint density at radius 2 is 1.60 bits per heavy atom. The van der Waals surface area contributed by atoms with Crippen LogP contribution in [0, 0.1) is 19.3 Å². The highest BCUT2D eigenvalue weighted by Crippen LogP contribution is 2.13. The SMILES string of the molecule is C#Cc1ccc(-c2nnc(C)nn2)cc1. The molecule has 4 nitrogen and oxygen atoms in total. The van der Waals surface area contributed by atoms with Gasteiger partial charge in [-0.15, -0.1) is 26.8 Å². The van der Waals surface area contributed by atoms with Crippen molar-refractivity contribution in [2.45, 2.75) is 6.92 Å². The Morgan fingerprint density at radius 3 is 2.13 bits per heavy atom. The van der Waals surface area contributed by atoms with E-state index in [0.29, 0.717) is 11.6 Å². The second-order valence-electron chi connectivity index (χ2n) is 2.99. The summed E-state index contributed by atoms with van der Waals surface area (Å²) < 4.78 is 0. The summed E-state index contributed by atoms with van der Waals surface area (Å²) >= 11 is 0. The zero-order valence-electron chi connectivity index (χ0n) is 8.18. The average molecular weight is 196 g/mol. The number of hydrogen-bond donors (Lipinski definition) is 0. The normalized spacial score (nSPS) is 9.60. The third kappa shape index (κ3) is 1.97. The second-order valence-corrected chi connectivity index (χ2v) is 2.99. The maximum Gasteiger partial charge on any atom is 0.203 e. The van der Waals surface area contributed by atoms with Gasteiger partial charge in [0.2, 0.25) is 5.82 Å². The molecule has 2 aromatic rings. The number of benzene rings is 1. The second kappa shape index (κ2) is 3.84. The molecule has 0 aliphatic rings. The third-order valence-corrected chi connectivity index (χ3v) is 1.89. The molecule has 0 unspecified atom stereocenters. The molecule has 1 aromatic carbocycles. The summed E-state index contributed by atoms with van der Waals surface area (Å²) in [4.78, 5) is 0. The van der Waals surface area contributed by atoms with Crippen LogP contribution >= 0.6 is 0 Å². The minimum atomic E-state index is 0.504. The molecule has 2 rings (SSSR count). The van der Waals surface area contributed by atoms with Crippen molar-refractivity contribution >= 4 is 0 Å². The Hall–Kier alpha value is -2.28. The zero-order chi connectivity index (χ0) is 10.7. The molecule has 1 heterocycles. The number of nitrogens with zero attached hydrogens (tertiary/aromatic N) is 4. The molecule has 0 atom stereocenters. The van der Waals surface area contributed by atoms with Gasteiger partial charge in [0.05, 0.1) is 0 Å². The summed E-state index contributed by atoms with van der Waals surface area (Å²) in [6, 6.07) is 7.36. The lowest BCUT2D eigenvalue weighted by Gasteiger charge is -1.97. The van der Waals surface area contributed by atoms with Gasteiger partial charge in [0.25, 0.3) is 0 Å². The maximum atomic E-state index is 5.25. The topological polar surface area (TPSA) is 51.6 Å². The molecule has 72 valence electrons. The number of terminal acetylenes is 1. The predicted molar refractivity (Wildman–Crippen MR) is 55.7 cm³/mol. The van der Waals surface area contributed by atoms with E-state index in [1.807, 2.05) is 24.3 Å². The molecule has 0 amide bonds. The Labute approximate surface area is 87.4 Å². The van der Waals surface area contributed by atoms with E-state index in [-0.39, 0.29) is 0 Å². The van der Waals surface area contributed by atoms with E-state index in [4.69, 9.17) is 6.42 Å². The standard InChI is InChI=1S/C11H8N4/c1-3-9-4-6-10(7-5-9)11-14-12-8(2)13-15-11/h1,4-7H,2H3. The van der Waals surface area contributed by atoms with Gasteiger partial charge >= 0.3 is 0 Å². The fraction of sp³-hybridized carbons (Fsp3) is 0.0909. The molecule has 0 radical (unpaired) electrons. The van der Waals surface area contributed by atoms with Gasteiger partial charge in [0, 0.05) is 11.1 Å². The Morgan fingerprint density at radius 1 is 1.00 bits per heavy atom. The van der Waals surface area contributed by atoms with E-state index in [1.165, 1.54) is 0 Å². The van der Waals surface area contributed by atoms with Gasteiger partial charge in [-0.1, -0.05) is 5.92 Å². The molecular weight excluding hydrogens is 188 g/mol. The Balaban J connectivity index is 2.38. The first kappa shape index (κ1) is 9.28. The lowest BCUT2D eigenvalue weighted by molar-refractivity contribution is 0.816. The molecule has 15 heavy (non-hydrogen) atoms. The molecular formula is C11H8N4. The summed E-state index contributed by atoms with van der Waals surface area (Å²) in [5.41, 5.74) is 1.68. The minimum Gasteiger partial charge on any atom is -0.131 e. The smallest absolute Gasteiger partial charge is 0.131 e. The van der Waals surface area contributed by atoms with Crippen LogP contribution in [0.5, 0.6) is 0 Å². The predicted octanol–water partition coefficient (Wildman–Crippen LogP) is 1.22. The highest BCUT2D eigenvalue weighted by Gasteiger charge is 2.01. The van der Waals surface area contributed by atoms with Crippen molar-refractivity contribution < 1.29 is 0 Å². The Bertz CT molecular complexity index is 494. The van der Waals surface area contributed by atoms with E-state index in [1.54, 1.807) is 6.92 Å². The van der Waals surface area contributed by atoms with Crippen LogP contribution in [0.4, 0.5) is 0 Å². The molecule has 0 aliphatic heterocycles. The highest BCUT2D eigenvalue weighted by molar-refractivity contribution is 5.55. The Kier molecular flexibility index (Phi) is 2.38. The lowest BCUT2D eigenvalue weighted by Crippen LogP contribution is -1.98. The van der Waals surface area contributed by atoms with Crippen LogP contribution in [0.15, 0.2) is 24.3 Å². The van der Waals surface area contributed by atoms with Gasteiger partial charge in [-0.3, -0.25) is 0 Å². The average Bonchev–Trinajstić information content (AvgIpc) is 2.30. The summed E-state index contributed by atoms with van der Waals surface area (Å²) in [5.74, 6) is 3.60. The van der Waals surface area contributed by atoms with Crippen LogP contribution < -0.4 is 0 Å². The minimum absolute atomic E-state index is 0.504. The van der Waals surface area contributed by atoms with E-state index in [2.05, 4.69) is 26.3 Å². The van der Waals surface area contributed by atoms with Gasteiger partial charge < -0.3 is 0 Å². The summed E-state index contributed by atoms with van der Waals surface area (Å²) in [6.45, 7) is 1.74. The van der Waals surface area contributed by atoms with Gasteiger partial charge in [-0.2, -0.15) is 0 Å². The maximum absolute atomic E-state index is 5.25. The van der Waals surface area contributed by atoms with Crippen LogP contribution in [0.3, 0.4) is 0 Å².